The minimum Gasteiger partial charge on any atom is -0.300 e. The molecule has 0 aromatic rings. The van der Waals surface area contributed by atoms with Crippen LogP contribution in [0.5, 0.6) is 0 Å². The summed E-state index contributed by atoms with van der Waals surface area (Å²) in [7, 11) is 0. The molecule has 0 aromatic carbocycles. The summed E-state index contributed by atoms with van der Waals surface area (Å²) >= 11 is 0. The van der Waals surface area contributed by atoms with Crippen LogP contribution in [-0.4, -0.2) is 17.3 Å². The topological polar surface area (TPSA) is 51.2 Å². The number of ketones is 3. The zero-order valence-electron chi connectivity index (χ0n) is 15.6. The van der Waals surface area contributed by atoms with Crippen molar-refractivity contribution in [2.75, 3.05) is 0 Å². The van der Waals surface area contributed by atoms with Crippen LogP contribution in [-0.2, 0) is 14.4 Å². The van der Waals surface area contributed by atoms with Crippen molar-refractivity contribution in [2.45, 2.75) is 126 Å². The molecule has 3 heteroatoms. The van der Waals surface area contributed by atoms with E-state index >= 15 is 0 Å². The molecule has 0 aliphatic rings. The summed E-state index contributed by atoms with van der Waals surface area (Å²) in [6.45, 7) is 16.8. The third kappa shape index (κ3) is 45.8. The monoisotopic (exact) mass is 396 g/mol. The summed E-state index contributed by atoms with van der Waals surface area (Å²) < 4.78 is 0. The zero-order valence-corrected chi connectivity index (χ0v) is 15.6. The van der Waals surface area contributed by atoms with Crippen LogP contribution < -0.4 is 0 Å². The van der Waals surface area contributed by atoms with Gasteiger partial charge in [-0.25, -0.2) is 0 Å². The maximum absolute atomic E-state index is 10.4. The lowest BCUT2D eigenvalue weighted by atomic mass is 10.1. The first-order valence-corrected chi connectivity index (χ1v) is 8.06. The van der Waals surface area contributed by atoms with E-state index in [2.05, 4.69) is 0 Å². The van der Waals surface area contributed by atoms with Gasteiger partial charge in [0.15, 0.2) is 0 Å². The number of Topliss-reactive ketones (excluding diaryl/α,β-unsaturated/α-hetero) is 3. The number of hydrogen-bond acceptors (Lipinski definition) is 3. The fourth-order valence-corrected chi connectivity index (χ4v) is 0.862. The highest BCUT2D eigenvalue weighted by Gasteiger charge is 2.02. The van der Waals surface area contributed by atoms with Crippen LogP contribution in [0.25, 0.3) is 0 Å². The van der Waals surface area contributed by atoms with E-state index in [-0.39, 0.29) is 62.3 Å². The lowest BCUT2D eigenvalue weighted by Gasteiger charge is -1.98. The van der Waals surface area contributed by atoms with E-state index in [1.54, 1.807) is 20.8 Å². The van der Waals surface area contributed by atoms with E-state index in [0.29, 0.717) is 17.3 Å². The van der Waals surface area contributed by atoms with Crippen LogP contribution in [0.4, 0.5) is 0 Å². The minimum atomic E-state index is 0. The molecule has 3 unspecified atom stereocenters. The molecule has 0 spiro atoms. The summed E-state index contributed by atoms with van der Waals surface area (Å²) in [5.74, 6) is 1.67. The van der Waals surface area contributed by atoms with Gasteiger partial charge in [-0.3, -0.25) is 14.4 Å². The maximum atomic E-state index is 10.4. The van der Waals surface area contributed by atoms with Crippen molar-refractivity contribution in [1.82, 2.24) is 0 Å². The first-order valence-electron chi connectivity index (χ1n) is 8.06. The molecular weight excluding hydrogens is 336 g/mol. The first kappa shape index (κ1) is 56.2. The third-order valence-corrected chi connectivity index (χ3v) is 3.92. The molecule has 3 nitrogen and oxygen atoms in total. The standard InChI is InChI=1S/3C6H12O.6CH4/c3*1-4-5(2)6(3)7;;;;;;/h3*5H,4H2,1-3H3;6*1H4. The van der Waals surface area contributed by atoms with Crippen molar-refractivity contribution >= 4 is 17.3 Å². The van der Waals surface area contributed by atoms with Crippen LogP contribution in [0.1, 0.15) is 126 Å². The fraction of sp³-hybridized carbons (Fsp3) is 0.875. The van der Waals surface area contributed by atoms with Crippen molar-refractivity contribution < 1.29 is 14.4 Å². The Morgan fingerprint density at radius 1 is 0.481 bits per heavy atom. The van der Waals surface area contributed by atoms with Gasteiger partial charge in [-0.1, -0.05) is 86.1 Å². The SMILES string of the molecule is C.C.C.C.C.C.CCC(C)C(C)=O.CCC(C)C(C)=O.CCC(C)C(C)=O. The van der Waals surface area contributed by atoms with Crippen LogP contribution in [0, 0.1) is 17.8 Å². The molecule has 0 saturated carbocycles. The average Bonchev–Trinajstić information content (AvgIpc) is 2.45. The van der Waals surface area contributed by atoms with E-state index in [1.807, 2.05) is 41.5 Å². The van der Waals surface area contributed by atoms with Gasteiger partial charge in [0.1, 0.15) is 17.3 Å². The van der Waals surface area contributed by atoms with Gasteiger partial charge in [-0.05, 0) is 40.0 Å². The van der Waals surface area contributed by atoms with Crippen molar-refractivity contribution in [3.05, 3.63) is 0 Å². The smallest absolute Gasteiger partial charge is 0.132 e. The minimum absolute atomic E-state index is 0. The van der Waals surface area contributed by atoms with Gasteiger partial charge in [0.2, 0.25) is 0 Å². The Morgan fingerprint density at radius 3 is 0.593 bits per heavy atom. The van der Waals surface area contributed by atoms with Crippen molar-refractivity contribution in [3.8, 4) is 0 Å². The molecule has 3 atom stereocenters. The second-order valence-electron chi connectivity index (χ2n) is 5.76. The summed E-state index contributed by atoms with van der Waals surface area (Å²) in [4.78, 5) is 31.1. The molecule has 0 aromatic heterocycles. The molecule has 0 N–H and O–H groups in total. The summed E-state index contributed by atoms with van der Waals surface area (Å²) in [5, 5.41) is 0. The lowest BCUT2D eigenvalue weighted by Crippen LogP contribution is -2.03. The number of carbonyl (C=O) groups excluding carboxylic acids is 3. The predicted molar refractivity (Wildman–Crippen MR) is 131 cm³/mol. The van der Waals surface area contributed by atoms with Crippen LogP contribution in [0.3, 0.4) is 0 Å². The molecule has 0 saturated heterocycles. The zero-order chi connectivity index (χ0) is 17.6. The van der Waals surface area contributed by atoms with Gasteiger partial charge in [-0.2, -0.15) is 0 Å². The lowest BCUT2D eigenvalue weighted by molar-refractivity contribution is -0.121. The number of rotatable bonds is 6. The Balaban J connectivity index is -0.0000000231. The molecule has 0 aliphatic carbocycles. The predicted octanol–water partition coefficient (Wildman–Crippen LogP) is 8.68. The van der Waals surface area contributed by atoms with Gasteiger partial charge in [0, 0.05) is 17.8 Å². The molecule has 0 aliphatic heterocycles. The summed E-state index contributed by atoms with van der Waals surface area (Å²) in [5.41, 5.74) is 0. The molecule has 0 heterocycles. The highest BCUT2D eigenvalue weighted by atomic mass is 16.1. The van der Waals surface area contributed by atoms with Gasteiger partial charge < -0.3 is 0 Å². The molecule has 0 bridgehead atoms. The fourth-order valence-electron chi connectivity index (χ4n) is 0.862. The van der Waals surface area contributed by atoms with Crippen LogP contribution >= 0.6 is 0 Å². The summed E-state index contributed by atoms with van der Waals surface area (Å²) in [6.07, 6.45) is 2.90. The van der Waals surface area contributed by atoms with Crippen LogP contribution in [0.15, 0.2) is 0 Å². The van der Waals surface area contributed by atoms with Gasteiger partial charge in [0.05, 0.1) is 0 Å². The molecule has 0 amide bonds. The van der Waals surface area contributed by atoms with E-state index < -0.39 is 0 Å². The largest absolute Gasteiger partial charge is 0.300 e. The second-order valence-corrected chi connectivity index (χ2v) is 5.76. The van der Waals surface area contributed by atoms with Gasteiger partial charge in [0.25, 0.3) is 0 Å². The Morgan fingerprint density at radius 2 is 0.593 bits per heavy atom. The van der Waals surface area contributed by atoms with Crippen molar-refractivity contribution in [2.24, 2.45) is 17.8 Å². The van der Waals surface area contributed by atoms with E-state index in [4.69, 9.17) is 0 Å². The molecule has 0 rings (SSSR count). The average molecular weight is 397 g/mol. The molecule has 174 valence electrons. The maximum Gasteiger partial charge on any atom is 0.132 e. The second kappa shape index (κ2) is 36.0. The molecule has 27 heavy (non-hydrogen) atoms. The Hall–Kier alpha value is -0.990. The number of hydrogen-bond donors (Lipinski definition) is 0. The normalized spacial score (nSPS) is 10.6. The van der Waals surface area contributed by atoms with Crippen molar-refractivity contribution in [1.29, 1.82) is 0 Å². The molecular formula is C24H60O3. The quantitative estimate of drug-likeness (QED) is 0.451. The van der Waals surface area contributed by atoms with E-state index in [9.17, 15) is 14.4 Å². The van der Waals surface area contributed by atoms with E-state index in [1.165, 1.54) is 0 Å². The highest BCUT2D eigenvalue weighted by Crippen LogP contribution is 2.00. The number of carbonyl (C=O) groups is 3. The highest BCUT2D eigenvalue weighted by molar-refractivity contribution is 5.78. The van der Waals surface area contributed by atoms with Crippen molar-refractivity contribution in [3.63, 3.8) is 0 Å². The molecule has 0 fully saturated rings. The van der Waals surface area contributed by atoms with Crippen LogP contribution in [0.2, 0.25) is 0 Å². The van der Waals surface area contributed by atoms with Gasteiger partial charge in [-0.15, -0.1) is 0 Å². The third-order valence-electron chi connectivity index (χ3n) is 3.92. The Labute approximate surface area is 176 Å². The Kier molecular flexibility index (Phi) is 75.0. The first-order chi connectivity index (χ1) is 9.54. The van der Waals surface area contributed by atoms with E-state index in [0.717, 1.165) is 19.3 Å². The Bertz CT molecular complexity index is 248. The summed E-state index contributed by atoms with van der Waals surface area (Å²) in [6, 6.07) is 0. The van der Waals surface area contributed by atoms with Gasteiger partial charge >= 0.3 is 0 Å². The molecule has 0 radical (unpaired) electrons.